The first kappa shape index (κ1) is 15.7. The molecule has 2 aromatic rings. The maximum absolute atomic E-state index is 9.94. The summed E-state index contributed by atoms with van der Waals surface area (Å²) in [7, 11) is 0. The van der Waals surface area contributed by atoms with Crippen molar-refractivity contribution >= 4 is 17.4 Å². The second-order valence-corrected chi connectivity index (χ2v) is 6.01. The lowest BCUT2D eigenvalue weighted by Crippen LogP contribution is -2.20. The Morgan fingerprint density at radius 2 is 1.86 bits per heavy atom. The summed E-state index contributed by atoms with van der Waals surface area (Å²) in [5, 5.41) is 9.94. The van der Waals surface area contributed by atoms with Crippen LogP contribution in [-0.4, -0.2) is 23.6 Å². The molecule has 0 bridgehead atoms. The number of nitrogen functional groups attached to an aromatic ring is 1. The monoisotopic (exact) mass is 303 g/mol. The maximum Gasteiger partial charge on any atom is 0.119 e. The number of hydrogen-bond acceptors (Lipinski definition) is 4. The van der Waals surface area contributed by atoms with E-state index in [1.165, 1.54) is 11.1 Å². The minimum Gasteiger partial charge on any atom is -0.491 e. The molecule has 0 aliphatic carbocycles. The lowest BCUT2D eigenvalue weighted by Gasteiger charge is -2.12. The molecule has 0 radical (unpaired) electrons. The van der Waals surface area contributed by atoms with Gasteiger partial charge in [-0.3, -0.25) is 0 Å². The average Bonchev–Trinajstić information content (AvgIpc) is 2.49. The van der Waals surface area contributed by atoms with Crippen LogP contribution in [0.3, 0.4) is 0 Å². The summed E-state index contributed by atoms with van der Waals surface area (Å²) in [6.45, 7) is 2.40. The highest BCUT2D eigenvalue weighted by Crippen LogP contribution is 2.17. The van der Waals surface area contributed by atoms with E-state index in [-0.39, 0.29) is 0 Å². The molecule has 4 heteroatoms. The van der Waals surface area contributed by atoms with Gasteiger partial charge in [0.05, 0.1) is 6.10 Å². The summed E-state index contributed by atoms with van der Waals surface area (Å²) < 4.78 is 5.53. The Kier molecular flexibility index (Phi) is 5.96. The van der Waals surface area contributed by atoms with Crippen molar-refractivity contribution in [3.05, 3.63) is 59.7 Å². The molecule has 0 fully saturated rings. The number of aliphatic hydroxyl groups excluding tert-OH is 1. The topological polar surface area (TPSA) is 55.5 Å². The SMILES string of the molecule is Cc1ccccc1CSCC(O)COc1ccc(N)cc1. The molecule has 0 heterocycles. The lowest BCUT2D eigenvalue weighted by atomic mass is 10.1. The van der Waals surface area contributed by atoms with Gasteiger partial charge in [0.25, 0.3) is 0 Å². The Morgan fingerprint density at radius 1 is 1.14 bits per heavy atom. The molecule has 1 unspecified atom stereocenters. The second-order valence-electron chi connectivity index (χ2n) is 4.98. The number of anilines is 1. The van der Waals surface area contributed by atoms with Crippen molar-refractivity contribution in [2.45, 2.75) is 18.8 Å². The number of rotatable bonds is 7. The largest absolute Gasteiger partial charge is 0.491 e. The standard InChI is InChI=1S/C17H21NO2S/c1-13-4-2-3-5-14(13)11-21-12-16(19)10-20-17-8-6-15(18)7-9-17/h2-9,16,19H,10-12,18H2,1H3. The summed E-state index contributed by atoms with van der Waals surface area (Å²) in [4.78, 5) is 0. The summed E-state index contributed by atoms with van der Waals surface area (Å²) in [6, 6.07) is 15.5. The van der Waals surface area contributed by atoms with Gasteiger partial charge < -0.3 is 15.6 Å². The van der Waals surface area contributed by atoms with Gasteiger partial charge in [-0.2, -0.15) is 11.8 Å². The first-order chi connectivity index (χ1) is 10.1. The molecule has 1 atom stereocenters. The molecule has 3 N–H and O–H groups in total. The number of benzene rings is 2. The third kappa shape index (κ3) is 5.33. The van der Waals surface area contributed by atoms with E-state index in [9.17, 15) is 5.11 Å². The summed E-state index contributed by atoms with van der Waals surface area (Å²) in [6.07, 6.45) is -0.475. The number of nitrogens with two attached hydrogens (primary N) is 1. The predicted molar refractivity (Wildman–Crippen MR) is 89.7 cm³/mol. The fraction of sp³-hybridized carbons (Fsp3) is 0.294. The quantitative estimate of drug-likeness (QED) is 0.771. The second kappa shape index (κ2) is 7.96. The average molecular weight is 303 g/mol. The maximum atomic E-state index is 9.94. The van der Waals surface area contributed by atoms with Crippen molar-refractivity contribution in [1.82, 2.24) is 0 Å². The number of aliphatic hydroxyl groups is 1. The van der Waals surface area contributed by atoms with E-state index in [2.05, 4.69) is 19.1 Å². The fourth-order valence-electron chi connectivity index (χ4n) is 1.88. The normalized spacial score (nSPS) is 12.1. The molecule has 3 nitrogen and oxygen atoms in total. The molecular weight excluding hydrogens is 282 g/mol. The molecule has 0 aliphatic rings. The van der Waals surface area contributed by atoms with Crippen molar-refractivity contribution in [1.29, 1.82) is 0 Å². The molecule has 0 saturated carbocycles. The fourth-order valence-corrected chi connectivity index (χ4v) is 2.91. The van der Waals surface area contributed by atoms with Crippen LogP contribution in [0.15, 0.2) is 48.5 Å². The van der Waals surface area contributed by atoms with Gasteiger partial charge >= 0.3 is 0 Å². The number of thioether (sulfide) groups is 1. The summed E-state index contributed by atoms with van der Waals surface area (Å²) >= 11 is 1.72. The van der Waals surface area contributed by atoms with Crippen LogP contribution in [0, 0.1) is 6.92 Å². The molecule has 0 amide bonds. The number of hydrogen-bond donors (Lipinski definition) is 2. The van der Waals surface area contributed by atoms with E-state index in [0.717, 1.165) is 11.5 Å². The molecule has 2 aromatic carbocycles. The van der Waals surface area contributed by atoms with Crippen molar-refractivity contribution in [3.63, 3.8) is 0 Å². The van der Waals surface area contributed by atoms with Gasteiger partial charge in [-0.05, 0) is 42.3 Å². The van der Waals surface area contributed by atoms with E-state index in [4.69, 9.17) is 10.5 Å². The Hall–Kier alpha value is -1.65. The third-order valence-electron chi connectivity index (χ3n) is 3.15. The zero-order chi connectivity index (χ0) is 15.1. The van der Waals surface area contributed by atoms with Crippen LogP contribution >= 0.6 is 11.8 Å². The highest BCUT2D eigenvalue weighted by molar-refractivity contribution is 7.98. The first-order valence-corrected chi connectivity index (χ1v) is 8.09. The number of aryl methyl sites for hydroxylation is 1. The van der Waals surface area contributed by atoms with Crippen molar-refractivity contribution in [3.8, 4) is 5.75 Å². The van der Waals surface area contributed by atoms with Gasteiger partial charge in [-0.25, -0.2) is 0 Å². The van der Waals surface area contributed by atoms with Gasteiger partial charge in [0.2, 0.25) is 0 Å². The zero-order valence-corrected chi connectivity index (χ0v) is 13.0. The van der Waals surface area contributed by atoms with Gasteiger partial charge in [0.1, 0.15) is 12.4 Å². The Morgan fingerprint density at radius 3 is 2.57 bits per heavy atom. The van der Waals surface area contributed by atoms with Crippen LogP contribution in [0.25, 0.3) is 0 Å². The first-order valence-electron chi connectivity index (χ1n) is 6.94. The van der Waals surface area contributed by atoms with Crippen molar-refractivity contribution in [2.75, 3.05) is 18.1 Å². The van der Waals surface area contributed by atoms with Gasteiger partial charge in [-0.15, -0.1) is 0 Å². The molecule has 0 aromatic heterocycles. The zero-order valence-electron chi connectivity index (χ0n) is 12.2. The van der Waals surface area contributed by atoms with Crippen LogP contribution in [-0.2, 0) is 5.75 Å². The van der Waals surface area contributed by atoms with Crippen molar-refractivity contribution < 1.29 is 9.84 Å². The Labute approximate surface area is 130 Å². The summed E-state index contributed by atoms with van der Waals surface area (Å²) in [5.41, 5.74) is 8.92. The summed E-state index contributed by atoms with van der Waals surface area (Å²) in [5.74, 6) is 2.29. The van der Waals surface area contributed by atoms with Crippen LogP contribution < -0.4 is 10.5 Å². The highest BCUT2D eigenvalue weighted by atomic mass is 32.2. The molecule has 0 spiro atoms. The van der Waals surface area contributed by atoms with E-state index in [1.54, 1.807) is 23.9 Å². The predicted octanol–water partition coefficient (Wildman–Crippen LogP) is 3.25. The lowest BCUT2D eigenvalue weighted by molar-refractivity contribution is 0.126. The van der Waals surface area contributed by atoms with Crippen LogP contribution in [0.2, 0.25) is 0 Å². The molecule has 0 aliphatic heterocycles. The molecule has 2 rings (SSSR count). The van der Waals surface area contributed by atoms with Gasteiger partial charge in [0.15, 0.2) is 0 Å². The third-order valence-corrected chi connectivity index (χ3v) is 4.29. The van der Waals surface area contributed by atoms with E-state index < -0.39 is 6.10 Å². The van der Waals surface area contributed by atoms with Gasteiger partial charge in [0, 0.05) is 17.2 Å². The minimum absolute atomic E-state index is 0.296. The van der Waals surface area contributed by atoms with E-state index in [0.29, 0.717) is 18.0 Å². The molecule has 112 valence electrons. The number of ether oxygens (including phenoxy) is 1. The molecule has 0 saturated heterocycles. The van der Waals surface area contributed by atoms with Crippen molar-refractivity contribution in [2.24, 2.45) is 0 Å². The highest BCUT2D eigenvalue weighted by Gasteiger charge is 2.06. The van der Waals surface area contributed by atoms with Crippen LogP contribution in [0.5, 0.6) is 5.75 Å². The Balaban J connectivity index is 1.69. The van der Waals surface area contributed by atoms with Crippen LogP contribution in [0.4, 0.5) is 5.69 Å². The van der Waals surface area contributed by atoms with Crippen LogP contribution in [0.1, 0.15) is 11.1 Å². The van der Waals surface area contributed by atoms with E-state index in [1.807, 2.05) is 24.3 Å². The minimum atomic E-state index is -0.475. The van der Waals surface area contributed by atoms with E-state index >= 15 is 0 Å². The Bertz CT molecular complexity index is 557. The molecular formula is C17H21NO2S. The van der Waals surface area contributed by atoms with Gasteiger partial charge in [-0.1, -0.05) is 24.3 Å². The smallest absolute Gasteiger partial charge is 0.119 e. The molecule has 21 heavy (non-hydrogen) atoms.